The van der Waals surface area contributed by atoms with Gasteiger partial charge in [0.25, 0.3) is 5.91 Å². The molecular formula is C20H19N5O2S. The van der Waals surface area contributed by atoms with E-state index in [2.05, 4.69) is 15.3 Å². The summed E-state index contributed by atoms with van der Waals surface area (Å²) in [4.78, 5) is 37.2. The number of hydrogen-bond donors (Lipinski definition) is 1. The Hall–Kier alpha value is -3.26. The van der Waals surface area contributed by atoms with Crippen molar-refractivity contribution in [2.45, 2.75) is 13.1 Å². The quantitative estimate of drug-likeness (QED) is 0.721. The van der Waals surface area contributed by atoms with Gasteiger partial charge in [0.2, 0.25) is 5.91 Å². The number of benzene rings is 1. The number of fused-ring (bicyclic) bond motifs is 1. The van der Waals surface area contributed by atoms with Crippen LogP contribution in [0.25, 0.3) is 0 Å². The van der Waals surface area contributed by atoms with Gasteiger partial charge >= 0.3 is 0 Å². The van der Waals surface area contributed by atoms with E-state index in [1.54, 1.807) is 34.6 Å². The first-order valence-electron chi connectivity index (χ1n) is 8.82. The Morgan fingerprint density at radius 3 is 2.86 bits per heavy atom. The van der Waals surface area contributed by atoms with Crippen molar-refractivity contribution in [3.05, 3.63) is 70.3 Å². The van der Waals surface area contributed by atoms with Crippen molar-refractivity contribution in [1.82, 2.24) is 14.9 Å². The molecule has 0 bridgehead atoms. The van der Waals surface area contributed by atoms with Gasteiger partial charge in [0, 0.05) is 18.6 Å². The van der Waals surface area contributed by atoms with Crippen LogP contribution in [0.5, 0.6) is 0 Å². The minimum Gasteiger partial charge on any atom is -0.359 e. The highest BCUT2D eigenvalue weighted by molar-refractivity contribution is 7.07. The lowest BCUT2D eigenvalue weighted by Gasteiger charge is -2.30. The van der Waals surface area contributed by atoms with E-state index in [9.17, 15) is 9.59 Å². The van der Waals surface area contributed by atoms with Gasteiger partial charge in [-0.25, -0.2) is 9.97 Å². The lowest BCUT2D eigenvalue weighted by Crippen LogP contribution is -2.40. The van der Waals surface area contributed by atoms with E-state index in [4.69, 9.17) is 0 Å². The monoisotopic (exact) mass is 393 g/mol. The van der Waals surface area contributed by atoms with Crippen LogP contribution in [-0.4, -0.2) is 40.3 Å². The molecule has 0 atom stereocenters. The highest BCUT2D eigenvalue weighted by Gasteiger charge is 2.26. The molecular weight excluding hydrogens is 374 g/mol. The van der Waals surface area contributed by atoms with Crippen LogP contribution < -0.4 is 10.2 Å². The van der Waals surface area contributed by atoms with Crippen molar-refractivity contribution in [3.63, 3.8) is 0 Å². The molecule has 0 spiro atoms. The van der Waals surface area contributed by atoms with Crippen molar-refractivity contribution >= 4 is 34.7 Å². The van der Waals surface area contributed by atoms with Crippen LogP contribution in [0.1, 0.15) is 21.6 Å². The third kappa shape index (κ3) is 3.72. The van der Waals surface area contributed by atoms with E-state index in [1.807, 2.05) is 35.7 Å². The smallest absolute Gasteiger partial charge is 0.255 e. The normalized spacial score (nSPS) is 13.0. The van der Waals surface area contributed by atoms with Crippen LogP contribution in [0.2, 0.25) is 0 Å². The van der Waals surface area contributed by atoms with E-state index < -0.39 is 0 Å². The molecule has 0 saturated carbocycles. The maximum absolute atomic E-state index is 12.8. The minimum atomic E-state index is -0.166. The van der Waals surface area contributed by atoms with Crippen LogP contribution in [-0.2, 0) is 17.9 Å². The van der Waals surface area contributed by atoms with E-state index in [1.165, 1.54) is 11.3 Å². The molecule has 4 rings (SSSR count). The van der Waals surface area contributed by atoms with E-state index in [-0.39, 0.29) is 18.4 Å². The molecule has 0 aliphatic carbocycles. The molecule has 2 amide bonds. The first-order valence-corrected chi connectivity index (χ1v) is 9.77. The number of carbonyl (C=O) groups is 2. The fraction of sp³-hybridized carbons (Fsp3) is 0.200. The lowest BCUT2D eigenvalue weighted by molar-refractivity contribution is -0.117. The molecule has 2 aromatic heterocycles. The van der Waals surface area contributed by atoms with Crippen LogP contribution in [0.3, 0.4) is 0 Å². The fourth-order valence-electron chi connectivity index (χ4n) is 3.09. The van der Waals surface area contributed by atoms with Gasteiger partial charge in [-0.05, 0) is 11.6 Å². The topological polar surface area (TPSA) is 78.4 Å². The standard InChI is InChI=1S/C20H19N5O2S/c1-24(11-16-12-28-13-23-16)20(27)15-7-17-19(21-8-15)22-9-18(26)25(17)10-14-5-3-2-4-6-14/h2-8,12-13H,9-11H2,1H3,(H,21,22). The Bertz CT molecular complexity index is 991. The van der Waals surface area contributed by atoms with Gasteiger partial charge < -0.3 is 15.1 Å². The number of hydrogen-bond acceptors (Lipinski definition) is 6. The molecule has 0 radical (unpaired) electrons. The third-order valence-electron chi connectivity index (χ3n) is 4.53. The van der Waals surface area contributed by atoms with Crippen molar-refractivity contribution in [3.8, 4) is 0 Å². The summed E-state index contributed by atoms with van der Waals surface area (Å²) in [5.74, 6) is 0.383. The van der Waals surface area contributed by atoms with Gasteiger partial charge in [-0.3, -0.25) is 9.59 Å². The number of anilines is 2. The third-order valence-corrected chi connectivity index (χ3v) is 5.16. The molecule has 3 aromatic rings. The summed E-state index contributed by atoms with van der Waals surface area (Å²) in [5, 5.41) is 4.94. The van der Waals surface area contributed by atoms with Crippen molar-refractivity contribution in [2.75, 3.05) is 23.8 Å². The van der Waals surface area contributed by atoms with Gasteiger partial charge in [0.15, 0.2) is 5.82 Å². The van der Waals surface area contributed by atoms with Crippen LogP contribution in [0, 0.1) is 0 Å². The number of nitrogens with one attached hydrogen (secondary N) is 1. The molecule has 7 nitrogen and oxygen atoms in total. The Balaban J connectivity index is 1.60. The maximum Gasteiger partial charge on any atom is 0.255 e. The summed E-state index contributed by atoms with van der Waals surface area (Å²) in [5.41, 5.74) is 4.65. The van der Waals surface area contributed by atoms with Crippen LogP contribution >= 0.6 is 11.3 Å². The molecule has 0 fully saturated rings. The predicted molar refractivity (Wildman–Crippen MR) is 108 cm³/mol. The molecule has 0 unspecified atom stereocenters. The highest BCUT2D eigenvalue weighted by Crippen LogP contribution is 2.30. The maximum atomic E-state index is 12.8. The van der Waals surface area contributed by atoms with Crippen LogP contribution in [0.4, 0.5) is 11.5 Å². The summed E-state index contributed by atoms with van der Waals surface area (Å²) >= 11 is 1.50. The summed E-state index contributed by atoms with van der Waals surface area (Å²) in [6.45, 7) is 1.04. The molecule has 8 heteroatoms. The zero-order valence-electron chi connectivity index (χ0n) is 15.3. The number of nitrogens with zero attached hydrogens (tertiary/aromatic N) is 4. The number of amides is 2. The van der Waals surface area contributed by atoms with Gasteiger partial charge in [0.05, 0.1) is 42.1 Å². The van der Waals surface area contributed by atoms with Crippen LogP contribution in [0.15, 0.2) is 53.5 Å². The zero-order valence-corrected chi connectivity index (χ0v) is 16.1. The summed E-state index contributed by atoms with van der Waals surface area (Å²) in [6, 6.07) is 11.5. The van der Waals surface area contributed by atoms with Gasteiger partial charge in [-0.2, -0.15) is 0 Å². The van der Waals surface area contributed by atoms with Crippen molar-refractivity contribution in [1.29, 1.82) is 0 Å². The van der Waals surface area contributed by atoms with Crippen molar-refractivity contribution in [2.24, 2.45) is 0 Å². The van der Waals surface area contributed by atoms with Gasteiger partial charge in [-0.15, -0.1) is 11.3 Å². The predicted octanol–water partition coefficient (Wildman–Crippen LogP) is 2.77. The van der Waals surface area contributed by atoms with E-state index in [0.29, 0.717) is 30.2 Å². The Morgan fingerprint density at radius 2 is 2.11 bits per heavy atom. The summed E-state index contributed by atoms with van der Waals surface area (Å²) in [7, 11) is 1.73. The lowest BCUT2D eigenvalue weighted by atomic mass is 10.1. The SMILES string of the molecule is CN(Cc1cscn1)C(=O)c1cnc2c(c1)N(Cc1ccccc1)C(=O)CN2. The molecule has 0 saturated heterocycles. The average molecular weight is 393 g/mol. The van der Waals surface area contributed by atoms with Gasteiger partial charge in [0.1, 0.15) is 0 Å². The molecule has 28 heavy (non-hydrogen) atoms. The Kier molecular flexibility index (Phi) is 5.03. The second-order valence-electron chi connectivity index (χ2n) is 6.55. The fourth-order valence-corrected chi connectivity index (χ4v) is 3.64. The summed E-state index contributed by atoms with van der Waals surface area (Å²) in [6.07, 6.45) is 1.54. The molecule has 142 valence electrons. The average Bonchev–Trinajstić information content (AvgIpc) is 3.23. The largest absolute Gasteiger partial charge is 0.359 e. The molecule has 1 aromatic carbocycles. The molecule has 3 heterocycles. The Labute approximate surface area is 166 Å². The molecule has 1 N–H and O–H groups in total. The molecule has 1 aliphatic heterocycles. The zero-order chi connectivity index (χ0) is 19.5. The second kappa shape index (κ2) is 7.77. The number of rotatable bonds is 5. The van der Waals surface area contributed by atoms with E-state index >= 15 is 0 Å². The summed E-state index contributed by atoms with van der Waals surface area (Å²) < 4.78 is 0. The number of aromatic nitrogens is 2. The number of carbonyl (C=O) groups excluding carboxylic acids is 2. The first-order chi connectivity index (χ1) is 13.6. The van der Waals surface area contributed by atoms with E-state index in [0.717, 1.165) is 11.3 Å². The minimum absolute atomic E-state index is 0.0569. The molecule has 1 aliphatic rings. The first kappa shape index (κ1) is 18.1. The number of pyridine rings is 1. The number of thiazole rings is 1. The second-order valence-corrected chi connectivity index (χ2v) is 7.27. The van der Waals surface area contributed by atoms with Crippen molar-refractivity contribution < 1.29 is 9.59 Å². The van der Waals surface area contributed by atoms with Gasteiger partial charge in [-0.1, -0.05) is 30.3 Å². The highest BCUT2D eigenvalue weighted by atomic mass is 32.1. The Morgan fingerprint density at radius 1 is 1.29 bits per heavy atom.